The van der Waals surface area contributed by atoms with Gasteiger partial charge in [-0.3, -0.25) is 0 Å². The third-order valence-electron chi connectivity index (χ3n) is 0.904. The van der Waals surface area contributed by atoms with Gasteiger partial charge in [0.2, 0.25) is 0 Å². The van der Waals surface area contributed by atoms with Crippen molar-refractivity contribution >= 4 is 5.84 Å². The van der Waals surface area contributed by atoms with Crippen LogP contribution in [0.3, 0.4) is 0 Å². The van der Waals surface area contributed by atoms with Gasteiger partial charge in [-0.1, -0.05) is 0 Å². The first kappa shape index (κ1) is 6.00. The highest BCUT2D eigenvalue weighted by atomic mass is 16.6. The van der Waals surface area contributed by atoms with Gasteiger partial charge in [0.1, 0.15) is 6.42 Å². The SMILES string of the molecule is CN1C[C]C([N+](=O)[O-])=N1. The lowest BCUT2D eigenvalue weighted by atomic mass is 10.4. The van der Waals surface area contributed by atoms with E-state index in [-0.39, 0.29) is 5.84 Å². The first-order valence-electron chi connectivity index (χ1n) is 2.38. The van der Waals surface area contributed by atoms with Gasteiger partial charge in [0, 0.05) is 12.1 Å². The first-order valence-corrected chi connectivity index (χ1v) is 2.38. The van der Waals surface area contributed by atoms with Gasteiger partial charge < -0.3 is 10.1 Å². The third-order valence-corrected chi connectivity index (χ3v) is 0.904. The Bertz CT molecular complexity index is 165. The third kappa shape index (κ3) is 1.16. The highest BCUT2D eigenvalue weighted by Crippen LogP contribution is 2.00. The van der Waals surface area contributed by atoms with Gasteiger partial charge in [-0.05, 0) is 4.92 Å². The van der Waals surface area contributed by atoms with Crippen LogP contribution in [0.1, 0.15) is 0 Å². The van der Waals surface area contributed by atoms with Crippen molar-refractivity contribution in [1.29, 1.82) is 0 Å². The van der Waals surface area contributed by atoms with E-state index in [2.05, 4.69) is 11.5 Å². The molecule has 0 saturated heterocycles. The molecule has 0 N–H and O–H groups in total. The summed E-state index contributed by atoms with van der Waals surface area (Å²) in [5.74, 6) is -0.183. The van der Waals surface area contributed by atoms with Crippen molar-refractivity contribution in [2.24, 2.45) is 5.10 Å². The van der Waals surface area contributed by atoms with Crippen LogP contribution in [0.5, 0.6) is 0 Å². The average Bonchev–Trinajstić information content (AvgIpc) is 2.14. The Morgan fingerprint density at radius 1 is 2.00 bits per heavy atom. The molecule has 2 radical (unpaired) electrons. The molecule has 0 aromatic heterocycles. The zero-order chi connectivity index (χ0) is 6.85. The number of rotatable bonds is 0. The summed E-state index contributed by atoms with van der Waals surface area (Å²) in [5, 5.41) is 14.9. The fourth-order valence-electron chi connectivity index (χ4n) is 0.519. The summed E-state index contributed by atoms with van der Waals surface area (Å²) in [5.41, 5.74) is 0. The van der Waals surface area contributed by atoms with Crippen molar-refractivity contribution in [1.82, 2.24) is 5.01 Å². The smallest absolute Gasteiger partial charge is 0.358 e. The number of hydrazone groups is 1. The van der Waals surface area contributed by atoms with Crippen molar-refractivity contribution in [2.45, 2.75) is 0 Å². The van der Waals surface area contributed by atoms with Crippen molar-refractivity contribution in [2.75, 3.05) is 13.6 Å². The van der Waals surface area contributed by atoms with E-state index >= 15 is 0 Å². The second kappa shape index (κ2) is 2.00. The Morgan fingerprint density at radius 2 is 2.67 bits per heavy atom. The summed E-state index contributed by atoms with van der Waals surface area (Å²) in [7, 11) is 1.66. The number of nitro groups is 1. The van der Waals surface area contributed by atoms with Crippen LogP contribution in [-0.4, -0.2) is 29.4 Å². The van der Waals surface area contributed by atoms with Crippen molar-refractivity contribution in [3.05, 3.63) is 16.5 Å². The lowest BCUT2D eigenvalue weighted by molar-refractivity contribution is -0.349. The molecule has 9 heavy (non-hydrogen) atoms. The lowest BCUT2D eigenvalue weighted by Crippen LogP contribution is -2.08. The van der Waals surface area contributed by atoms with Gasteiger partial charge in [-0.25, -0.2) is 5.01 Å². The molecule has 0 aromatic rings. The molecule has 0 bridgehead atoms. The van der Waals surface area contributed by atoms with E-state index in [0.717, 1.165) is 0 Å². The van der Waals surface area contributed by atoms with E-state index in [1.54, 1.807) is 7.05 Å². The van der Waals surface area contributed by atoms with E-state index in [4.69, 9.17) is 0 Å². The van der Waals surface area contributed by atoms with Crippen LogP contribution in [0.15, 0.2) is 5.10 Å². The van der Waals surface area contributed by atoms with Gasteiger partial charge in [0.15, 0.2) is 0 Å². The van der Waals surface area contributed by atoms with E-state index in [1.807, 2.05) is 0 Å². The molecule has 48 valence electrons. The molecule has 0 spiro atoms. The summed E-state index contributed by atoms with van der Waals surface area (Å²) < 4.78 is 0. The Balaban J connectivity index is 2.62. The van der Waals surface area contributed by atoms with Gasteiger partial charge in [0.25, 0.3) is 0 Å². The van der Waals surface area contributed by atoms with Gasteiger partial charge in [-0.15, -0.1) is 0 Å². The highest BCUT2D eigenvalue weighted by Gasteiger charge is 2.23. The van der Waals surface area contributed by atoms with E-state index < -0.39 is 4.92 Å². The monoisotopic (exact) mass is 127 g/mol. The predicted molar refractivity (Wildman–Crippen MR) is 30.3 cm³/mol. The average molecular weight is 127 g/mol. The second-order valence-electron chi connectivity index (χ2n) is 1.67. The maximum absolute atomic E-state index is 9.93. The van der Waals surface area contributed by atoms with Crippen molar-refractivity contribution in [3.63, 3.8) is 0 Å². The Kier molecular flexibility index (Phi) is 1.33. The topological polar surface area (TPSA) is 58.7 Å². The van der Waals surface area contributed by atoms with Crippen LogP contribution in [0.2, 0.25) is 0 Å². The van der Waals surface area contributed by atoms with E-state index in [1.165, 1.54) is 5.01 Å². The van der Waals surface area contributed by atoms with Crippen molar-refractivity contribution < 1.29 is 4.92 Å². The molecule has 0 amide bonds. The molecule has 0 unspecified atom stereocenters. The van der Waals surface area contributed by atoms with Crippen LogP contribution in [0.25, 0.3) is 0 Å². The molecular formula is C4H5N3O2. The highest BCUT2D eigenvalue weighted by molar-refractivity contribution is 5.84. The largest absolute Gasteiger partial charge is 0.374 e. The molecule has 5 heteroatoms. The van der Waals surface area contributed by atoms with E-state index in [0.29, 0.717) is 6.54 Å². The zero-order valence-corrected chi connectivity index (χ0v) is 4.87. The maximum Gasteiger partial charge on any atom is 0.374 e. The number of hydrogen-bond donors (Lipinski definition) is 0. The summed E-state index contributed by atoms with van der Waals surface area (Å²) in [4.78, 5) is 9.38. The van der Waals surface area contributed by atoms with Crippen molar-refractivity contribution in [3.8, 4) is 0 Å². The Hall–Kier alpha value is -1.13. The molecule has 1 aliphatic rings. The minimum atomic E-state index is -0.552. The van der Waals surface area contributed by atoms with Gasteiger partial charge in [-0.2, -0.15) is 0 Å². The molecule has 0 fully saturated rings. The summed E-state index contributed by atoms with van der Waals surface area (Å²) >= 11 is 0. The summed E-state index contributed by atoms with van der Waals surface area (Å²) in [6.45, 7) is 0.413. The van der Waals surface area contributed by atoms with Crippen LogP contribution in [-0.2, 0) is 0 Å². The van der Waals surface area contributed by atoms with Crippen LogP contribution in [0, 0.1) is 16.5 Å². The van der Waals surface area contributed by atoms with Gasteiger partial charge in [0.05, 0.1) is 6.54 Å². The molecular weight excluding hydrogens is 122 g/mol. The molecule has 5 nitrogen and oxygen atoms in total. The maximum atomic E-state index is 9.93. The summed E-state index contributed by atoms with van der Waals surface area (Å²) in [6, 6.07) is 0. The predicted octanol–water partition coefficient (Wildman–Crippen LogP) is -0.397. The van der Waals surface area contributed by atoms with Crippen LogP contribution < -0.4 is 0 Å². The fourth-order valence-corrected chi connectivity index (χ4v) is 0.519. The Morgan fingerprint density at radius 3 is 2.89 bits per heavy atom. The normalized spacial score (nSPS) is 17.9. The molecule has 0 aliphatic carbocycles. The molecule has 0 saturated carbocycles. The molecule has 1 heterocycles. The minimum absolute atomic E-state index is 0.183. The molecule has 0 atom stereocenters. The molecule has 1 aliphatic heterocycles. The number of hydrogen-bond acceptors (Lipinski definition) is 4. The standard InChI is InChI=1S/C4H5N3O2/c1-6-3-2-4(5-6)7(8)9/h3H2,1H3. The minimum Gasteiger partial charge on any atom is -0.358 e. The second-order valence-corrected chi connectivity index (χ2v) is 1.67. The van der Waals surface area contributed by atoms with Gasteiger partial charge >= 0.3 is 5.84 Å². The van der Waals surface area contributed by atoms with E-state index in [9.17, 15) is 10.1 Å². The first-order chi connectivity index (χ1) is 4.20. The molecule has 1 rings (SSSR count). The van der Waals surface area contributed by atoms with Crippen LogP contribution >= 0.6 is 0 Å². The Labute approximate surface area is 52.1 Å². The van der Waals surface area contributed by atoms with Crippen LogP contribution in [0.4, 0.5) is 0 Å². The quantitative estimate of drug-likeness (QED) is 0.328. The number of amidine groups is 1. The summed E-state index contributed by atoms with van der Waals surface area (Å²) in [6.07, 6.45) is 2.48. The lowest BCUT2D eigenvalue weighted by Gasteiger charge is -1.90. The molecule has 0 aromatic carbocycles. The zero-order valence-electron chi connectivity index (χ0n) is 4.87. The number of nitrogens with zero attached hydrogens (tertiary/aromatic N) is 3. The fraction of sp³-hybridized carbons (Fsp3) is 0.500.